The van der Waals surface area contributed by atoms with Gasteiger partial charge < -0.3 is 9.64 Å². The molecule has 0 radical (unpaired) electrons. The van der Waals surface area contributed by atoms with Crippen molar-refractivity contribution < 1.29 is 4.74 Å². The first kappa shape index (κ1) is 13.4. The van der Waals surface area contributed by atoms with Crippen molar-refractivity contribution in [1.29, 1.82) is 0 Å². The summed E-state index contributed by atoms with van der Waals surface area (Å²) in [6.07, 6.45) is 1.81. The molecule has 0 N–H and O–H groups in total. The van der Waals surface area contributed by atoms with Crippen molar-refractivity contribution in [2.45, 2.75) is 46.3 Å². The smallest absolute Gasteiger partial charge is 0.0726 e. The van der Waals surface area contributed by atoms with Crippen LogP contribution in [0.5, 0.6) is 0 Å². The summed E-state index contributed by atoms with van der Waals surface area (Å²) in [4.78, 5) is 2.43. The van der Waals surface area contributed by atoms with E-state index in [-0.39, 0.29) is 0 Å². The Hall–Kier alpha value is -1.02. The summed E-state index contributed by atoms with van der Waals surface area (Å²) in [5.74, 6) is 0.722. The van der Waals surface area contributed by atoms with Gasteiger partial charge in [0.1, 0.15) is 0 Å². The van der Waals surface area contributed by atoms with Crippen LogP contribution in [0.25, 0.3) is 0 Å². The topological polar surface area (TPSA) is 12.5 Å². The molecule has 0 aliphatic carbocycles. The maximum Gasteiger partial charge on any atom is 0.0726 e. The number of ether oxygens (including phenoxy) is 1. The molecule has 0 aromatic heterocycles. The van der Waals surface area contributed by atoms with Gasteiger partial charge in [-0.25, -0.2) is 0 Å². The average Bonchev–Trinajstić information content (AvgIpc) is 2.27. The third-order valence-electron chi connectivity index (χ3n) is 3.37. The normalized spacial score (nSPS) is 24.6. The van der Waals surface area contributed by atoms with Crippen LogP contribution in [-0.2, 0) is 11.2 Å². The summed E-state index contributed by atoms with van der Waals surface area (Å²) in [5, 5.41) is 0. The van der Waals surface area contributed by atoms with Crippen molar-refractivity contribution in [3.63, 3.8) is 0 Å². The van der Waals surface area contributed by atoms with Gasteiger partial charge in [0.05, 0.1) is 12.2 Å². The third kappa shape index (κ3) is 3.49. The summed E-state index contributed by atoms with van der Waals surface area (Å²) < 4.78 is 5.77. The van der Waals surface area contributed by atoms with Gasteiger partial charge >= 0.3 is 0 Å². The summed E-state index contributed by atoms with van der Waals surface area (Å²) in [6, 6.07) is 9.03. The van der Waals surface area contributed by atoms with Crippen molar-refractivity contribution in [2.75, 3.05) is 18.0 Å². The molecule has 100 valence electrons. The Kier molecular flexibility index (Phi) is 4.28. The second kappa shape index (κ2) is 5.75. The molecule has 0 bridgehead atoms. The maximum absolute atomic E-state index is 5.77. The van der Waals surface area contributed by atoms with Gasteiger partial charge in [0, 0.05) is 18.8 Å². The van der Waals surface area contributed by atoms with Crippen molar-refractivity contribution >= 4 is 5.69 Å². The molecular weight excluding hydrogens is 222 g/mol. The van der Waals surface area contributed by atoms with Gasteiger partial charge in [-0.2, -0.15) is 0 Å². The SMILES string of the molecule is CC(C)Cc1ccc(N2CC(C)OC(C)C2)cc1. The fourth-order valence-electron chi connectivity index (χ4n) is 2.70. The predicted octanol–water partition coefficient (Wildman–Crippen LogP) is 3.50. The van der Waals surface area contributed by atoms with Gasteiger partial charge in [-0.05, 0) is 43.9 Å². The number of anilines is 1. The van der Waals surface area contributed by atoms with Gasteiger partial charge in [0.25, 0.3) is 0 Å². The first-order valence-corrected chi connectivity index (χ1v) is 7.04. The molecule has 2 nitrogen and oxygen atoms in total. The van der Waals surface area contributed by atoms with Gasteiger partial charge in [0.2, 0.25) is 0 Å². The molecule has 0 amide bonds. The number of morpholine rings is 1. The molecule has 18 heavy (non-hydrogen) atoms. The van der Waals surface area contributed by atoms with Crippen LogP contribution in [-0.4, -0.2) is 25.3 Å². The highest BCUT2D eigenvalue weighted by molar-refractivity contribution is 5.48. The van der Waals surface area contributed by atoms with Crippen molar-refractivity contribution in [3.05, 3.63) is 29.8 Å². The first-order valence-electron chi connectivity index (χ1n) is 7.04. The number of benzene rings is 1. The first-order chi connectivity index (χ1) is 8.54. The molecule has 1 aromatic carbocycles. The van der Waals surface area contributed by atoms with Crippen LogP contribution >= 0.6 is 0 Å². The molecule has 2 rings (SSSR count). The van der Waals surface area contributed by atoms with Gasteiger partial charge in [-0.3, -0.25) is 0 Å². The lowest BCUT2D eigenvalue weighted by atomic mass is 10.0. The molecule has 1 aliphatic rings. The Morgan fingerprint density at radius 3 is 2.17 bits per heavy atom. The van der Waals surface area contributed by atoms with E-state index in [1.54, 1.807) is 0 Å². The fraction of sp³-hybridized carbons (Fsp3) is 0.625. The summed E-state index contributed by atoms with van der Waals surface area (Å²) >= 11 is 0. The summed E-state index contributed by atoms with van der Waals surface area (Å²) in [6.45, 7) is 10.8. The highest BCUT2D eigenvalue weighted by Crippen LogP contribution is 2.21. The molecule has 1 aliphatic heterocycles. The zero-order chi connectivity index (χ0) is 13.1. The summed E-state index contributed by atoms with van der Waals surface area (Å²) in [7, 11) is 0. The molecule has 0 spiro atoms. The minimum Gasteiger partial charge on any atom is -0.372 e. The Morgan fingerprint density at radius 1 is 1.11 bits per heavy atom. The van der Waals surface area contributed by atoms with E-state index in [2.05, 4.69) is 56.9 Å². The highest BCUT2D eigenvalue weighted by Gasteiger charge is 2.22. The van der Waals surface area contributed by atoms with Crippen LogP contribution in [0.4, 0.5) is 5.69 Å². The van der Waals surface area contributed by atoms with Gasteiger partial charge in [-0.1, -0.05) is 26.0 Å². The number of hydrogen-bond acceptors (Lipinski definition) is 2. The Balaban J connectivity index is 2.04. The zero-order valence-corrected chi connectivity index (χ0v) is 12.0. The molecule has 1 fully saturated rings. The molecule has 1 aromatic rings. The van der Waals surface area contributed by atoms with Crippen LogP contribution in [0, 0.1) is 5.92 Å². The minimum absolute atomic E-state index is 0.323. The molecule has 2 unspecified atom stereocenters. The molecule has 1 heterocycles. The van der Waals surface area contributed by atoms with E-state index in [1.165, 1.54) is 11.3 Å². The molecule has 2 heteroatoms. The van der Waals surface area contributed by atoms with E-state index in [1.807, 2.05) is 0 Å². The Morgan fingerprint density at radius 2 is 1.67 bits per heavy atom. The Labute approximate surface area is 111 Å². The fourth-order valence-corrected chi connectivity index (χ4v) is 2.70. The van der Waals surface area contributed by atoms with Crippen LogP contribution in [0.15, 0.2) is 24.3 Å². The van der Waals surface area contributed by atoms with Gasteiger partial charge in [0.15, 0.2) is 0 Å². The van der Waals surface area contributed by atoms with E-state index in [9.17, 15) is 0 Å². The average molecular weight is 247 g/mol. The highest BCUT2D eigenvalue weighted by atomic mass is 16.5. The number of rotatable bonds is 3. The van der Waals surface area contributed by atoms with Crippen LogP contribution in [0.1, 0.15) is 33.3 Å². The lowest BCUT2D eigenvalue weighted by molar-refractivity contribution is -0.00521. The third-order valence-corrected chi connectivity index (χ3v) is 3.37. The van der Waals surface area contributed by atoms with E-state index in [0.717, 1.165) is 25.4 Å². The van der Waals surface area contributed by atoms with Crippen LogP contribution in [0.3, 0.4) is 0 Å². The molecule has 0 saturated carbocycles. The predicted molar refractivity (Wildman–Crippen MR) is 77.2 cm³/mol. The lowest BCUT2D eigenvalue weighted by Gasteiger charge is -2.36. The maximum atomic E-state index is 5.77. The van der Waals surface area contributed by atoms with Crippen molar-refractivity contribution in [1.82, 2.24) is 0 Å². The van der Waals surface area contributed by atoms with Crippen molar-refractivity contribution in [3.8, 4) is 0 Å². The lowest BCUT2D eigenvalue weighted by Crippen LogP contribution is -2.45. The molecule has 1 saturated heterocycles. The molecular formula is C16H25NO. The quantitative estimate of drug-likeness (QED) is 0.810. The van der Waals surface area contributed by atoms with Gasteiger partial charge in [-0.15, -0.1) is 0 Å². The van der Waals surface area contributed by atoms with E-state index >= 15 is 0 Å². The second-order valence-corrected chi connectivity index (χ2v) is 5.93. The monoisotopic (exact) mass is 247 g/mol. The Bertz CT molecular complexity index is 361. The van der Waals surface area contributed by atoms with E-state index in [0.29, 0.717) is 12.2 Å². The standard InChI is InChI=1S/C16H25NO/c1-12(2)9-15-5-7-16(8-6-15)17-10-13(3)18-14(4)11-17/h5-8,12-14H,9-11H2,1-4H3. The summed E-state index contributed by atoms with van der Waals surface area (Å²) in [5.41, 5.74) is 2.76. The van der Waals surface area contributed by atoms with E-state index in [4.69, 9.17) is 4.74 Å². The zero-order valence-electron chi connectivity index (χ0n) is 12.0. The van der Waals surface area contributed by atoms with E-state index < -0.39 is 0 Å². The number of hydrogen-bond donors (Lipinski definition) is 0. The van der Waals surface area contributed by atoms with Crippen molar-refractivity contribution in [2.24, 2.45) is 5.92 Å². The minimum atomic E-state index is 0.323. The number of nitrogens with zero attached hydrogens (tertiary/aromatic N) is 1. The second-order valence-electron chi connectivity index (χ2n) is 5.93. The van der Waals surface area contributed by atoms with Crippen LogP contribution < -0.4 is 4.90 Å². The molecule has 2 atom stereocenters. The van der Waals surface area contributed by atoms with Crippen LogP contribution in [0.2, 0.25) is 0 Å². The largest absolute Gasteiger partial charge is 0.372 e.